The number of benzene rings is 2. The van der Waals surface area contributed by atoms with Crippen LogP contribution in [0.3, 0.4) is 0 Å². The van der Waals surface area contributed by atoms with Crippen molar-refractivity contribution < 1.29 is 18.0 Å². The molecule has 1 N–H and O–H groups in total. The predicted octanol–water partition coefficient (Wildman–Crippen LogP) is 4.47. The molecule has 0 bridgehead atoms. The molecule has 158 valence electrons. The molecule has 31 heavy (non-hydrogen) atoms. The Labute approximate surface area is 176 Å². The van der Waals surface area contributed by atoms with Gasteiger partial charge < -0.3 is 14.3 Å². The van der Waals surface area contributed by atoms with Crippen LogP contribution >= 0.6 is 0 Å². The number of amides is 1. The number of rotatable bonds is 5. The number of hydrogen-bond donors (Lipinski definition) is 1. The van der Waals surface area contributed by atoms with E-state index in [0.29, 0.717) is 17.0 Å². The standard InChI is InChI=1S/C24H20F2N2O3/c1-14-21(23(29)27-12-16-5-3-6-18(25)11-16)19-7-4-8-20(26)22(19)24(30)28(14)13-17-9-10-31-15(17)2/h3-11H,12-13H2,1-2H3,(H,27,29). The first-order chi connectivity index (χ1) is 14.9. The molecule has 2 aromatic carbocycles. The molecule has 5 nitrogen and oxygen atoms in total. The molecule has 2 heterocycles. The number of furan rings is 1. The molecule has 0 aliphatic carbocycles. The first-order valence-corrected chi connectivity index (χ1v) is 9.74. The lowest BCUT2D eigenvalue weighted by Gasteiger charge is -2.17. The maximum Gasteiger partial charge on any atom is 0.261 e. The van der Waals surface area contributed by atoms with Crippen molar-refractivity contribution in [1.29, 1.82) is 0 Å². The first kappa shape index (κ1) is 20.5. The number of pyridine rings is 1. The molecule has 0 saturated heterocycles. The maximum atomic E-state index is 14.7. The number of nitrogens with one attached hydrogen (secondary N) is 1. The number of aryl methyl sites for hydroxylation is 1. The molecule has 0 fully saturated rings. The van der Waals surface area contributed by atoms with Crippen molar-refractivity contribution in [3.8, 4) is 0 Å². The van der Waals surface area contributed by atoms with E-state index in [1.807, 2.05) is 0 Å². The van der Waals surface area contributed by atoms with Crippen LogP contribution < -0.4 is 10.9 Å². The van der Waals surface area contributed by atoms with Crippen LogP contribution in [0.5, 0.6) is 0 Å². The zero-order valence-corrected chi connectivity index (χ0v) is 17.0. The highest BCUT2D eigenvalue weighted by atomic mass is 19.1. The normalized spacial score (nSPS) is 11.1. The SMILES string of the molecule is Cc1occc1Cn1c(C)c(C(=O)NCc2cccc(F)c2)c2cccc(F)c2c1=O. The van der Waals surface area contributed by atoms with Crippen molar-refractivity contribution in [3.05, 3.63) is 105 Å². The van der Waals surface area contributed by atoms with Gasteiger partial charge >= 0.3 is 0 Å². The molecule has 4 rings (SSSR count). The van der Waals surface area contributed by atoms with E-state index in [1.165, 1.54) is 35.1 Å². The number of carbonyl (C=O) groups excluding carboxylic acids is 1. The average molecular weight is 422 g/mol. The smallest absolute Gasteiger partial charge is 0.261 e. The van der Waals surface area contributed by atoms with Gasteiger partial charge in [-0.3, -0.25) is 9.59 Å². The summed E-state index contributed by atoms with van der Waals surface area (Å²) in [5.74, 6) is -0.939. The van der Waals surface area contributed by atoms with Gasteiger partial charge in [-0.05, 0) is 43.7 Å². The van der Waals surface area contributed by atoms with Gasteiger partial charge in [-0.2, -0.15) is 0 Å². The fraction of sp³-hybridized carbons (Fsp3) is 0.167. The fourth-order valence-corrected chi connectivity index (χ4v) is 3.71. The van der Waals surface area contributed by atoms with Crippen LogP contribution in [0.15, 0.2) is 64.0 Å². The highest BCUT2D eigenvalue weighted by molar-refractivity contribution is 6.07. The van der Waals surface area contributed by atoms with Gasteiger partial charge in [0.2, 0.25) is 0 Å². The quantitative estimate of drug-likeness (QED) is 0.516. The Balaban J connectivity index is 1.81. The molecule has 0 radical (unpaired) electrons. The van der Waals surface area contributed by atoms with Gasteiger partial charge in [-0.25, -0.2) is 8.78 Å². The molecule has 1 amide bonds. The number of fused-ring (bicyclic) bond motifs is 1. The fourth-order valence-electron chi connectivity index (χ4n) is 3.71. The minimum Gasteiger partial charge on any atom is -0.469 e. The second-order valence-corrected chi connectivity index (χ2v) is 7.33. The number of carbonyl (C=O) groups is 1. The minimum atomic E-state index is -0.695. The van der Waals surface area contributed by atoms with Gasteiger partial charge in [-0.1, -0.05) is 24.3 Å². The van der Waals surface area contributed by atoms with Crippen molar-refractivity contribution >= 4 is 16.7 Å². The van der Waals surface area contributed by atoms with E-state index < -0.39 is 23.1 Å². The van der Waals surface area contributed by atoms with E-state index in [1.54, 1.807) is 38.1 Å². The highest BCUT2D eigenvalue weighted by Crippen LogP contribution is 2.23. The summed E-state index contributed by atoms with van der Waals surface area (Å²) >= 11 is 0. The highest BCUT2D eigenvalue weighted by Gasteiger charge is 2.22. The Hall–Kier alpha value is -3.74. The van der Waals surface area contributed by atoms with Gasteiger partial charge in [0.05, 0.1) is 23.8 Å². The van der Waals surface area contributed by atoms with E-state index in [4.69, 9.17) is 4.42 Å². The van der Waals surface area contributed by atoms with Gasteiger partial charge in [0, 0.05) is 23.2 Å². The lowest BCUT2D eigenvalue weighted by atomic mass is 10.0. The van der Waals surface area contributed by atoms with E-state index in [-0.39, 0.29) is 29.4 Å². The summed E-state index contributed by atoms with van der Waals surface area (Å²) in [4.78, 5) is 26.2. The Morgan fingerprint density at radius 2 is 1.87 bits per heavy atom. The molecule has 0 unspecified atom stereocenters. The molecule has 0 saturated carbocycles. The molecule has 0 aliphatic heterocycles. The van der Waals surface area contributed by atoms with Gasteiger partial charge in [0.1, 0.15) is 17.4 Å². The third-order valence-corrected chi connectivity index (χ3v) is 5.37. The second-order valence-electron chi connectivity index (χ2n) is 7.33. The summed E-state index contributed by atoms with van der Waals surface area (Å²) in [6.07, 6.45) is 1.51. The molecule has 7 heteroatoms. The monoisotopic (exact) mass is 422 g/mol. The number of hydrogen-bond acceptors (Lipinski definition) is 3. The van der Waals surface area contributed by atoms with Crippen LogP contribution in [-0.2, 0) is 13.1 Å². The summed E-state index contributed by atoms with van der Waals surface area (Å²) in [6, 6.07) is 11.8. The van der Waals surface area contributed by atoms with Crippen LogP contribution in [0, 0.1) is 25.5 Å². The average Bonchev–Trinajstić information content (AvgIpc) is 3.14. The van der Waals surface area contributed by atoms with Crippen molar-refractivity contribution in [2.45, 2.75) is 26.9 Å². The van der Waals surface area contributed by atoms with E-state index in [2.05, 4.69) is 5.32 Å². The zero-order chi connectivity index (χ0) is 22.1. The zero-order valence-electron chi connectivity index (χ0n) is 17.0. The van der Waals surface area contributed by atoms with E-state index in [9.17, 15) is 18.4 Å². The van der Waals surface area contributed by atoms with Crippen LogP contribution in [0.2, 0.25) is 0 Å². The summed E-state index contributed by atoms with van der Waals surface area (Å²) in [5.41, 5.74) is 1.43. The topological polar surface area (TPSA) is 64.2 Å². The van der Waals surface area contributed by atoms with Crippen LogP contribution in [-0.4, -0.2) is 10.5 Å². The Kier molecular flexibility index (Phi) is 5.42. The molecule has 0 atom stereocenters. The Morgan fingerprint density at radius 3 is 2.58 bits per heavy atom. The molecular formula is C24H20F2N2O3. The van der Waals surface area contributed by atoms with Crippen LogP contribution in [0.25, 0.3) is 10.8 Å². The molecule has 0 spiro atoms. The first-order valence-electron chi connectivity index (χ1n) is 9.74. The second kappa shape index (κ2) is 8.18. The Morgan fingerprint density at radius 1 is 1.10 bits per heavy atom. The lowest BCUT2D eigenvalue weighted by molar-refractivity contribution is 0.0951. The molecule has 0 aliphatic rings. The third kappa shape index (κ3) is 3.86. The van der Waals surface area contributed by atoms with Gasteiger partial charge in [0.15, 0.2) is 0 Å². The third-order valence-electron chi connectivity index (χ3n) is 5.37. The molecule has 4 aromatic rings. The van der Waals surface area contributed by atoms with E-state index in [0.717, 1.165) is 5.56 Å². The number of aromatic nitrogens is 1. The minimum absolute atomic E-state index is 0.0901. The van der Waals surface area contributed by atoms with Crippen molar-refractivity contribution in [2.75, 3.05) is 0 Å². The van der Waals surface area contributed by atoms with Gasteiger partial charge in [-0.15, -0.1) is 0 Å². The lowest BCUT2D eigenvalue weighted by Crippen LogP contribution is -2.31. The van der Waals surface area contributed by atoms with Crippen molar-refractivity contribution in [3.63, 3.8) is 0 Å². The summed E-state index contributed by atoms with van der Waals surface area (Å²) in [7, 11) is 0. The Bertz CT molecular complexity index is 1350. The van der Waals surface area contributed by atoms with Crippen molar-refractivity contribution in [2.24, 2.45) is 0 Å². The molecular weight excluding hydrogens is 402 g/mol. The van der Waals surface area contributed by atoms with Crippen LogP contribution in [0.1, 0.15) is 32.9 Å². The molecule has 2 aromatic heterocycles. The van der Waals surface area contributed by atoms with Gasteiger partial charge in [0.25, 0.3) is 11.5 Å². The van der Waals surface area contributed by atoms with Crippen LogP contribution in [0.4, 0.5) is 8.78 Å². The number of nitrogens with zero attached hydrogens (tertiary/aromatic N) is 1. The largest absolute Gasteiger partial charge is 0.469 e. The summed E-state index contributed by atoms with van der Waals surface area (Å²) < 4.78 is 34.8. The number of halogens is 2. The predicted molar refractivity (Wildman–Crippen MR) is 113 cm³/mol. The maximum absolute atomic E-state index is 14.7. The summed E-state index contributed by atoms with van der Waals surface area (Å²) in [5, 5.41) is 2.84. The van der Waals surface area contributed by atoms with Crippen molar-refractivity contribution in [1.82, 2.24) is 9.88 Å². The van der Waals surface area contributed by atoms with E-state index >= 15 is 0 Å². The summed E-state index contributed by atoms with van der Waals surface area (Å²) in [6.45, 7) is 3.65.